The van der Waals surface area contributed by atoms with Crippen LogP contribution in [-0.2, 0) is 9.84 Å². The van der Waals surface area contributed by atoms with Crippen molar-refractivity contribution >= 4 is 15.9 Å². The third-order valence-corrected chi connectivity index (χ3v) is 4.67. The van der Waals surface area contributed by atoms with Crippen molar-refractivity contribution in [2.24, 2.45) is 5.92 Å². The molecule has 1 unspecified atom stereocenters. The summed E-state index contributed by atoms with van der Waals surface area (Å²) in [6.45, 7) is 3.59. The minimum absolute atomic E-state index is 0.115. The number of aliphatic hydroxyl groups is 1. The highest BCUT2D eigenvalue weighted by atomic mass is 32.2. The van der Waals surface area contributed by atoms with Gasteiger partial charge < -0.3 is 5.11 Å². The zero-order valence-corrected chi connectivity index (χ0v) is 10.0. The topological polar surface area (TPSA) is 54.4 Å². The van der Waals surface area contributed by atoms with Crippen LogP contribution < -0.4 is 0 Å². The molecule has 3 nitrogen and oxygen atoms in total. The highest BCUT2D eigenvalue weighted by molar-refractivity contribution is 7.96. The summed E-state index contributed by atoms with van der Waals surface area (Å²) >= 11 is 0. The summed E-state index contributed by atoms with van der Waals surface area (Å²) in [5, 5.41) is 9.89. The first-order valence-corrected chi connectivity index (χ1v) is 6.66. The van der Waals surface area contributed by atoms with Crippen LogP contribution in [0.3, 0.4) is 0 Å². The second-order valence-corrected chi connectivity index (χ2v) is 6.19. The summed E-state index contributed by atoms with van der Waals surface area (Å²) < 4.78 is 24.2. The van der Waals surface area contributed by atoms with Crippen LogP contribution in [0.5, 0.6) is 0 Å². The van der Waals surface area contributed by atoms with Gasteiger partial charge in [-0.05, 0) is 23.6 Å². The SMILES string of the molecule is CC(C)C(O)C1=Cc2ccccc2S1(=O)=O. The lowest BCUT2D eigenvalue weighted by molar-refractivity contribution is 0.168. The molecule has 4 heteroatoms. The van der Waals surface area contributed by atoms with Crippen molar-refractivity contribution in [3.8, 4) is 0 Å². The maximum absolute atomic E-state index is 12.1. The molecule has 0 amide bonds. The molecule has 2 rings (SSSR count). The Labute approximate surface area is 95.3 Å². The van der Waals surface area contributed by atoms with E-state index < -0.39 is 15.9 Å². The van der Waals surface area contributed by atoms with Crippen LogP contribution >= 0.6 is 0 Å². The molecule has 86 valence electrons. The van der Waals surface area contributed by atoms with Crippen LogP contribution in [0.2, 0.25) is 0 Å². The van der Waals surface area contributed by atoms with Gasteiger partial charge in [-0.25, -0.2) is 8.42 Å². The molecule has 16 heavy (non-hydrogen) atoms. The van der Waals surface area contributed by atoms with E-state index >= 15 is 0 Å². The highest BCUT2D eigenvalue weighted by Crippen LogP contribution is 2.35. The zero-order valence-electron chi connectivity index (χ0n) is 9.21. The van der Waals surface area contributed by atoms with Gasteiger partial charge in [0.1, 0.15) is 0 Å². The first-order valence-electron chi connectivity index (χ1n) is 5.18. The van der Waals surface area contributed by atoms with Crippen molar-refractivity contribution in [1.29, 1.82) is 0 Å². The van der Waals surface area contributed by atoms with Gasteiger partial charge in [-0.3, -0.25) is 0 Å². The monoisotopic (exact) mass is 238 g/mol. The van der Waals surface area contributed by atoms with Crippen molar-refractivity contribution in [3.05, 3.63) is 34.7 Å². The van der Waals surface area contributed by atoms with Gasteiger partial charge in [0.2, 0.25) is 9.84 Å². The largest absolute Gasteiger partial charge is 0.387 e. The Kier molecular flexibility index (Phi) is 2.64. The Bertz CT molecular complexity index is 541. The van der Waals surface area contributed by atoms with Crippen LogP contribution in [0.4, 0.5) is 0 Å². The number of sulfone groups is 1. The van der Waals surface area contributed by atoms with Crippen molar-refractivity contribution in [1.82, 2.24) is 0 Å². The van der Waals surface area contributed by atoms with Gasteiger partial charge in [0.25, 0.3) is 0 Å². The average Bonchev–Trinajstić information content (AvgIpc) is 2.50. The molecule has 1 heterocycles. The molecule has 1 aliphatic rings. The molecule has 0 aliphatic carbocycles. The number of hydrogen-bond donors (Lipinski definition) is 1. The fourth-order valence-electron chi connectivity index (χ4n) is 1.78. The van der Waals surface area contributed by atoms with E-state index in [0.717, 1.165) is 0 Å². The maximum atomic E-state index is 12.1. The lowest BCUT2D eigenvalue weighted by Crippen LogP contribution is -2.21. The van der Waals surface area contributed by atoms with Crippen molar-refractivity contribution in [2.45, 2.75) is 24.8 Å². The van der Waals surface area contributed by atoms with Crippen molar-refractivity contribution < 1.29 is 13.5 Å². The van der Waals surface area contributed by atoms with E-state index in [0.29, 0.717) is 10.5 Å². The molecule has 0 bridgehead atoms. The first-order chi connectivity index (χ1) is 7.44. The number of fused-ring (bicyclic) bond motifs is 1. The van der Waals surface area contributed by atoms with E-state index in [-0.39, 0.29) is 10.8 Å². The fourth-order valence-corrected chi connectivity index (χ4v) is 3.60. The zero-order chi connectivity index (χ0) is 11.9. The van der Waals surface area contributed by atoms with E-state index in [1.54, 1.807) is 44.2 Å². The Hall–Kier alpha value is -1.13. The van der Waals surface area contributed by atoms with E-state index in [1.807, 2.05) is 0 Å². The van der Waals surface area contributed by atoms with Gasteiger partial charge in [-0.2, -0.15) is 0 Å². The number of hydrogen-bond acceptors (Lipinski definition) is 3. The minimum Gasteiger partial charge on any atom is -0.387 e. The molecular formula is C12H14O3S. The first kappa shape index (κ1) is 11.4. The predicted molar refractivity (Wildman–Crippen MR) is 62.4 cm³/mol. The summed E-state index contributed by atoms with van der Waals surface area (Å²) in [5.74, 6) is -0.115. The molecule has 0 fully saturated rings. The Morgan fingerprint density at radius 1 is 1.19 bits per heavy atom. The quantitative estimate of drug-likeness (QED) is 0.855. The lowest BCUT2D eigenvalue weighted by Gasteiger charge is -2.15. The second-order valence-electron chi connectivity index (χ2n) is 4.28. The molecular weight excluding hydrogens is 224 g/mol. The Balaban J connectivity index is 2.56. The van der Waals surface area contributed by atoms with Gasteiger partial charge in [-0.1, -0.05) is 32.0 Å². The summed E-state index contributed by atoms with van der Waals surface area (Å²) in [6, 6.07) is 6.79. The molecule has 1 N–H and O–H groups in total. The molecule has 1 aromatic rings. The molecule has 0 saturated carbocycles. The van der Waals surface area contributed by atoms with Gasteiger partial charge in [0, 0.05) is 0 Å². The smallest absolute Gasteiger partial charge is 0.205 e. The summed E-state index contributed by atoms with van der Waals surface area (Å²) in [5.41, 5.74) is 0.664. The van der Waals surface area contributed by atoms with E-state index in [4.69, 9.17) is 0 Å². The molecule has 1 aromatic carbocycles. The highest BCUT2D eigenvalue weighted by Gasteiger charge is 2.34. The Morgan fingerprint density at radius 3 is 2.38 bits per heavy atom. The number of benzene rings is 1. The summed E-state index contributed by atoms with van der Waals surface area (Å²) in [6.07, 6.45) is 0.632. The molecule has 0 spiro atoms. The third-order valence-electron chi connectivity index (χ3n) is 2.74. The van der Waals surface area contributed by atoms with Gasteiger partial charge in [0.05, 0.1) is 15.9 Å². The maximum Gasteiger partial charge on any atom is 0.205 e. The van der Waals surface area contributed by atoms with Gasteiger partial charge >= 0.3 is 0 Å². The molecule has 1 aliphatic heterocycles. The fraction of sp³-hybridized carbons (Fsp3) is 0.333. The van der Waals surface area contributed by atoms with Crippen molar-refractivity contribution in [3.63, 3.8) is 0 Å². The number of rotatable bonds is 2. The summed E-state index contributed by atoms with van der Waals surface area (Å²) in [7, 11) is -3.48. The van der Waals surface area contributed by atoms with E-state index in [2.05, 4.69) is 0 Å². The minimum atomic E-state index is -3.48. The predicted octanol–water partition coefficient (Wildman–Crippen LogP) is 1.83. The lowest BCUT2D eigenvalue weighted by atomic mass is 10.1. The van der Waals surface area contributed by atoms with Crippen LogP contribution in [0.25, 0.3) is 6.08 Å². The normalized spacial score (nSPS) is 19.4. The van der Waals surface area contributed by atoms with Crippen LogP contribution in [-0.4, -0.2) is 19.6 Å². The van der Waals surface area contributed by atoms with Gasteiger partial charge in [0.15, 0.2) is 0 Å². The standard InChI is InChI=1S/C12H14O3S/c1-8(2)12(13)11-7-9-5-3-4-6-10(9)16(11,14)15/h3-8,12-13H,1-2H3. The molecule has 0 saturated heterocycles. The van der Waals surface area contributed by atoms with Crippen LogP contribution in [0, 0.1) is 5.92 Å². The molecule has 1 atom stereocenters. The average molecular weight is 238 g/mol. The summed E-state index contributed by atoms with van der Waals surface area (Å²) in [4.78, 5) is 0.411. The van der Waals surface area contributed by atoms with Crippen LogP contribution in [0.1, 0.15) is 19.4 Å². The van der Waals surface area contributed by atoms with Crippen LogP contribution in [0.15, 0.2) is 34.1 Å². The second kappa shape index (κ2) is 3.71. The third kappa shape index (κ3) is 1.58. The Morgan fingerprint density at radius 2 is 1.81 bits per heavy atom. The number of aliphatic hydroxyl groups excluding tert-OH is 1. The van der Waals surface area contributed by atoms with E-state index in [1.165, 1.54) is 0 Å². The van der Waals surface area contributed by atoms with Gasteiger partial charge in [-0.15, -0.1) is 0 Å². The molecule has 0 aromatic heterocycles. The van der Waals surface area contributed by atoms with Crippen molar-refractivity contribution in [2.75, 3.05) is 0 Å². The van der Waals surface area contributed by atoms with E-state index in [9.17, 15) is 13.5 Å². The molecule has 0 radical (unpaired) electrons.